The number of nitrogens with zero attached hydrogens (tertiary/aromatic N) is 3. The van der Waals surface area contributed by atoms with E-state index in [2.05, 4.69) is 29.3 Å². The van der Waals surface area contributed by atoms with Crippen molar-refractivity contribution in [1.29, 1.82) is 0 Å². The Morgan fingerprint density at radius 1 is 1.15 bits per heavy atom. The zero-order valence-electron chi connectivity index (χ0n) is 15.7. The van der Waals surface area contributed by atoms with E-state index in [1.807, 2.05) is 28.0 Å². The predicted octanol–water partition coefficient (Wildman–Crippen LogP) is 0.931. The Bertz CT molecular complexity index is 601. The average Bonchev–Trinajstić information content (AvgIpc) is 2.83. The Morgan fingerprint density at radius 3 is 2.58 bits per heavy atom. The summed E-state index contributed by atoms with van der Waals surface area (Å²) < 4.78 is 0. The summed E-state index contributed by atoms with van der Waals surface area (Å²) in [4.78, 5) is 31.6. The minimum atomic E-state index is 0.0807. The summed E-state index contributed by atoms with van der Waals surface area (Å²) in [6, 6.07) is 10.2. The van der Waals surface area contributed by atoms with Gasteiger partial charge < -0.3 is 15.1 Å². The van der Waals surface area contributed by atoms with E-state index in [9.17, 15) is 9.59 Å². The lowest BCUT2D eigenvalue weighted by atomic mass is 10.1. The molecule has 0 saturated carbocycles. The fraction of sp³-hybridized carbons (Fsp3) is 0.600. The zero-order valence-corrected chi connectivity index (χ0v) is 15.7. The van der Waals surface area contributed by atoms with Gasteiger partial charge in [-0.25, -0.2) is 0 Å². The number of nitrogens with one attached hydrogen (secondary N) is 1. The molecule has 1 N–H and O–H groups in total. The first kappa shape index (κ1) is 18.9. The number of carbonyl (C=O) groups excluding carboxylic acids is 2. The van der Waals surface area contributed by atoms with Crippen molar-refractivity contribution in [3.05, 3.63) is 35.9 Å². The van der Waals surface area contributed by atoms with Gasteiger partial charge in [-0.3, -0.25) is 14.5 Å². The molecule has 6 heteroatoms. The molecule has 0 spiro atoms. The molecule has 2 aliphatic heterocycles. The van der Waals surface area contributed by atoms with E-state index in [-0.39, 0.29) is 17.9 Å². The highest BCUT2D eigenvalue weighted by atomic mass is 16.2. The zero-order chi connectivity index (χ0) is 18.4. The lowest BCUT2D eigenvalue weighted by molar-refractivity contribution is -0.134. The lowest BCUT2D eigenvalue weighted by Gasteiger charge is -2.33. The minimum absolute atomic E-state index is 0.0807. The van der Waals surface area contributed by atoms with Gasteiger partial charge in [-0.05, 0) is 12.0 Å². The maximum Gasteiger partial charge on any atom is 0.236 e. The molecule has 2 fully saturated rings. The van der Waals surface area contributed by atoms with Gasteiger partial charge in [-0.2, -0.15) is 0 Å². The van der Waals surface area contributed by atoms with Gasteiger partial charge in [0.05, 0.1) is 6.54 Å². The first-order valence-electron chi connectivity index (χ1n) is 9.71. The van der Waals surface area contributed by atoms with Gasteiger partial charge >= 0.3 is 0 Å². The molecular formula is C20H30N4O2. The van der Waals surface area contributed by atoms with Crippen molar-refractivity contribution in [3.8, 4) is 0 Å². The van der Waals surface area contributed by atoms with Crippen molar-refractivity contribution < 1.29 is 9.59 Å². The normalized spacial score (nSPS) is 22.3. The molecule has 2 saturated heterocycles. The molecule has 3 rings (SSSR count). The molecule has 142 valence electrons. The summed E-state index contributed by atoms with van der Waals surface area (Å²) in [5, 5.41) is 3.31. The van der Waals surface area contributed by atoms with Crippen molar-refractivity contribution in [3.63, 3.8) is 0 Å². The number of hydrogen-bond donors (Lipinski definition) is 1. The van der Waals surface area contributed by atoms with Gasteiger partial charge in [0.1, 0.15) is 0 Å². The predicted molar refractivity (Wildman–Crippen MR) is 102 cm³/mol. The third kappa shape index (κ3) is 4.83. The Balaban J connectivity index is 1.64. The average molecular weight is 358 g/mol. The van der Waals surface area contributed by atoms with E-state index in [4.69, 9.17) is 0 Å². The fourth-order valence-corrected chi connectivity index (χ4v) is 3.76. The summed E-state index contributed by atoms with van der Waals surface area (Å²) in [7, 11) is 0. The minimum Gasteiger partial charge on any atom is -0.339 e. The first-order valence-corrected chi connectivity index (χ1v) is 9.71. The summed E-state index contributed by atoms with van der Waals surface area (Å²) >= 11 is 0. The van der Waals surface area contributed by atoms with Crippen LogP contribution in [0.25, 0.3) is 0 Å². The molecule has 1 atom stereocenters. The monoisotopic (exact) mass is 358 g/mol. The van der Waals surface area contributed by atoms with Gasteiger partial charge in [0, 0.05) is 58.3 Å². The molecule has 1 aromatic carbocycles. The molecule has 2 aliphatic rings. The van der Waals surface area contributed by atoms with Crippen LogP contribution in [0.5, 0.6) is 0 Å². The molecule has 2 amide bonds. The Kier molecular flexibility index (Phi) is 6.63. The van der Waals surface area contributed by atoms with Crippen LogP contribution in [0.15, 0.2) is 30.3 Å². The van der Waals surface area contributed by atoms with Gasteiger partial charge in [0.15, 0.2) is 0 Å². The molecule has 0 aliphatic carbocycles. The van der Waals surface area contributed by atoms with Crippen LogP contribution in [0, 0.1) is 0 Å². The molecule has 0 radical (unpaired) electrons. The molecule has 2 heterocycles. The number of amides is 2. The molecule has 1 aromatic rings. The molecule has 0 unspecified atom stereocenters. The maximum absolute atomic E-state index is 12.8. The van der Waals surface area contributed by atoms with Gasteiger partial charge in [-0.1, -0.05) is 37.3 Å². The van der Waals surface area contributed by atoms with Crippen molar-refractivity contribution >= 4 is 11.8 Å². The quantitative estimate of drug-likeness (QED) is 0.851. The van der Waals surface area contributed by atoms with E-state index in [0.717, 1.165) is 38.2 Å². The first-order chi connectivity index (χ1) is 12.7. The highest BCUT2D eigenvalue weighted by Crippen LogP contribution is 2.18. The Hall–Kier alpha value is -1.92. The highest BCUT2D eigenvalue weighted by Gasteiger charge is 2.31. The third-order valence-electron chi connectivity index (χ3n) is 5.38. The second-order valence-corrected chi connectivity index (χ2v) is 7.19. The fourth-order valence-electron chi connectivity index (χ4n) is 3.76. The van der Waals surface area contributed by atoms with Crippen molar-refractivity contribution in [2.45, 2.75) is 32.4 Å². The summed E-state index contributed by atoms with van der Waals surface area (Å²) in [5.74, 6) is 0.304. The number of benzene rings is 1. The van der Waals surface area contributed by atoms with Crippen molar-refractivity contribution in [2.24, 2.45) is 0 Å². The maximum atomic E-state index is 12.8. The number of piperazine rings is 1. The SMILES string of the molecule is CC[C@@H]1CN(C(=O)CN2CCNCC2)CCC(=O)N1Cc1ccccc1. The highest BCUT2D eigenvalue weighted by molar-refractivity contribution is 5.81. The molecule has 0 aromatic heterocycles. The third-order valence-corrected chi connectivity index (χ3v) is 5.38. The van der Waals surface area contributed by atoms with Crippen molar-refractivity contribution in [1.82, 2.24) is 20.0 Å². The smallest absolute Gasteiger partial charge is 0.236 e. The van der Waals surface area contributed by atoms with Crippen LogP contribution in [0.4, 0.5) is 0 Å². The van der Waals surface area contributed by atoms with E-state index >= 15 is 0 Å². The summed E-state index contributed by atoms with van der Waals surface area (Å²) in [5.41, 5.74) is 1.14. The van der Waals surface area contributed by atoms with Crippen LogP contribution < -0.4 is 5.32 Å². The number of carbonyl (C=O) groups is 2. The lowest BCUT2D eigenvalue weighted by Crippen LogP contribution is -2.50. The van der Waals surface area contributed by atoms with Crippen LogP contribution in [-0.2, 0) is 16.1 Å². The summed E-state index contributed by atoms with van der Waals surface area (Å²) in [6.07, 6.45) is 1.27. The van der Waals surface area contributed by atoms with Crippen LogP contribution >= 0.6 is 0 Å². The Labute approximate surface area is 156 Å². The van der Waals surface area contributed by atoms with E-state index in [1.165, 1.54) is 0 Å². The van der Waals surface area contributed by atoms with Crippen LogP contribution in [-0.4, -0.2) is 78.4 Å². The molecule has 0 bridgehead atoms. The van der Waals surface area contributed by atoms with E-state index < -0.39 is 0 Å². The van der Waals surface area contributed by atoms with Crippen LogP contribution in [0.1, 0.15) is 25.3 Å². The Morgan fingerprint density at radius 2 is 1.88 bits per heavy atom. The molecule has 6 nitrogen and oxygen atoms in total. The van der Waals surface area contributed by atoms with Gasteiger partial charge in [0.2, 0.25) is 11.8 Å². The standard InChI is InChI=1S/C20H30N4O2/c1-2-18-15-23(20(26)16-22-12-9-21-10-13-22)11-8-19(25)24(18)14-17-6-4-3-5-7-17/h3-7,18,21H,2,8-16H2,1H3/t18-/m1/s1. The second-order valence-electron chi connectivity index (χ2n) is 7.19. The number of rotatable bonds is 5. The topological polar surface area (TPSA) is 55.9 Å². The summed E-state index contributed by atoms with van der Waals surface area (Å²) in [6.45, 7) is 8.06. The van der Waals surface area contributed by atoms with Crippen LogP contribution in [0.3, 0.4) is 0 Å². The van der Waals surface area contributed by atoms with E-state index in [0.29, 0.717) is 32.6 Å². The largest absolute Gasteiger partial charge is 0.339 e. The second kappa shape index (κ2) is 9.14. The van der Waals surface area contributed by atoms with E-state index in [1.54, 1.807) is 0 Å². The molecule has 26 heavy (non-hydrogen) atoms. The van der Waals surface area contributed by atoms with Gasteiger partial charge in [-0.15, -0.1) is 0 Å². The van der Waals surface area contributed by atoms with Gasteiger partial charge in [0.25, 0.3) is 0 Å². The number of hydrogen-bond acceptors (Lipinski definition) is 4. The van der Waals surface area contributed by atoms with Crippen molar-refractivity contribution in [2.75, 3.05) is 45.8 Å². The molecular weight excluding hydrogens is 328 g/mol. The van der Waals surface area contributed by atoms with Crippen LogP contribution in [0.2, 0.25) is 0 Å².